The number of nitrogens with zero attached hydrogens (tertiary/aromatic N) is 3. The van der Waals surface area contributed by atoms with Crippen LogP contribution >= 0.6 is 0 Å². The van der Waals surface area contributed by atoms with Gasteiger partial charge in [-0.3, -0.25) is 15.0 Å². The predicted molar refractivity (Wildman–Crippen MR) is 72.0 cm³/mol. The second-order valence-electron chi connectivity index (χ2n) is 4.72. The lowest BCUT2D eigenvalue weighted by atomic mass is 10.2. The van der Waals surface area contributed by atoms with E-state index < -0.39 is 10.7 Å². The van der Waals surface area contributed by atoms with Crippen molar-refractivity contribution in [1.82, 2.24) is 4.90 Å². The summed E-state index contributed by atoms with van der Waals surface area (Å²) in [5, 5.41) is 11.0. The topological polar surface area (TPSA) is 49.6 Å². The molecule has 0 N–H and O–H groups in total. The number of piperazine rings is 1. The average Bonchev–Trinajstić information content (AvgIpc) is 2.39. The maximum atomic E-state index is 13.3. The summed E-state index contributed by atoms with van der Waals surface area (Å²) in [6.45, 7) is 6.29. The Kier molecular flexibility index (Phi) is 4.31. The molecule has 0 atom stereocenters. The smallest absolute Gasteiger partial charge is 0.292 e. The Morgan fingerprint density at radius 3 is 2.58 bits per heavy atom. The standard InChI is InChI=1S/C13H18FN3O2/c1-2-5-15-6-8-16(9-7-15)13-10-11(14)3-4-12(13)17(18)19/h3-4,10H,2,5-9H2,1H3. The first-order chi connectivity index (χ1) is 9.11. The fraction of sp³-hybridized carbons (Fsp3) is 0.538. The second-order valence-corrected chi connectivity index (χ2v) is 4.72. The lowest BCUT2D eigenvalue weighted by molar-refractivity contribution is -0.384. The molecule has 5 nitrogen and oxygen atoms in total. The molecule has 104 valence electrons. The van der Waals surface area contributed by atoms with Crippen LogP contribution in [0.1, 0.15) is 13.3 Å². The summed E-state index contributed by atoms with van der Waals surface area (Å²) >= 11 is 0. The fourth-order valence-electron chi connectivity index (χ4n) is 2.43. The van der Waals surface area contributed by atoms with E-state index in [0.29, 0.717) is 18.8 Å². The van der Waals surface area contributed by atoms with E-state index in [2.05, 4.69) is 11.8 Å². The first-order valence-corrected chi connectivity index (χ1v) is 6.53. The molecule has 0 radical (unpaired) electrons. The SMILES string of the molecule is CCCN1CCN(c2cc(F)ccc2[N+](=O)[O-])CC1. The van der Waals surface area contributed by atoms with Crippen molar-refractivity contribution in [2.75, 3.05) is 37.6 Å². The third kappa shape index (κ3) is 3.20. The molecule has 0 unspecified atom stereocenters. The van der Waals surface area contributed by atoms with Crippen LogP contribution < -0.4 is 4.90 Å². The molecule has 0 spiro atoms. The van der Waals surface area contributed by atoms with Gasteiger partial charge in [0.2, 0.25) is 0 Å². The summed E-state index contributed by atoms with van der Waals surface area (Å²) in [7, 11) is 0. The highest BCUT2D eigenvalue weighted by Crippen LogP contribution is 2.29. The molecular formula is C13H18FN3O2. The van der Waals surface area contributed by atoms with Gasteiger partial charge in [0.1, 0.15) is 11.5 Å². The molecule has 0 aromatic heterocycles. The van der Waals surface area contributed by atoms with Crippen molar-refractivity contribution in [1.29, 1.82) is 0 Å². The highest BCUT2D eigenvalue weighted by atomic mass is 19.1. The minimum atomic E-state index is -0.451. The summed E-state index contributed by atoms with van der Waals surface area (Å²) in [4.78, 5) is 14.8. The molecule has 1 fully saturated rings. The molecule has 1 saturated heterocycles. The summed E-state index contributed by atoms with van der Waals surface area (Å²) < 4.78 is 13.3. The molecule has 0 amide bonds. The quantitative estimate of drug-likeness (QED) is 0.620. The van der Waals surface area contributed by atoms with Gasteiger partial charge in [-0.25, -0.2) is 4.39 Å². The Hall–Kier alpha value is -1.69. The van der Waals surface area contributed by atoms with Gasteiger partial charge in [0.05, 0.1) is 4.92 Å². The molecule has 1 aliphatic rings. The molecule has 1 aromatic carbocycles. The van der Waals surface area contributed by atoms with Gasteiger partial charge in [0, 0.05) is 38.3 Å². The number of anilines is 1. The van der Waals surface area contributed by atoms with E-state index in [9.17, 15) is 14.5 Å². The van der Waals surface area contributed by atoms with Gasteiger partial charge in [-0.2, -0.15) is 0 Å². The monoisotopic (exact) mass is 267 g/mol. The summed E-state index contributed by atoms with van der Waals surface area (Å²) in [5.41, 5.74) is 0.367. The first-order valence-electron chi connectivity index (χ1n) is 6.53. The van der Waals surface area contributed by atoms with Crippen LogP contribution in [-0.4, -0.2) is 42.5 Å². The first kappa shape index (κ1) is 13.7. The largest absolute Gasteiger partial charge is 0.363 e. The van der Waals surface area contributed by atoms with Crippen molar-refractivity contribution in [2.45, 2.75) is 13.3 Å². The van der Waals surface area contributed by atoms with Crippen LogP contribution in [0.15, 0.2) is 18.2 Å². The number of nitro groups is 1. The van der Waals surface area contributed by atoms with E-state index >= 15 is 0 Å². The van der Waals surface area contributed by atoms with E-state index in [-0.39, 0.29) is 5.69 Å². The fourth-order valence-corrected chi connectivity index (χ4v) is 2.43. The van der Waals surface area contributed by atoms with Gasteiger partial charge in [-0.05, 0) is 19.0 Å². The zero-order chi connectivity index (χ0) is 13.8. The van der Waals surface area contributed by atoms with Crippen LogP contribution in [0.5, 0.6) is 0 Å². The molecule has 0 aliphatic carbocycles. The van der Waals surface area contributed by atoms with Crippen LogP contribution in [0.25, 0.3) is 0 Å². The van der Waals surface area contributed by atoms with E-state index in [1.165, 1.54) is 12.1 Å². The molecule has 2 rings (SSSR count). The van der Waals surface area contributed by atoms with Gasteiger partial charge in [-0.1, -0.05) is 6.92 Å². The molecule has 1 aromatic rings. The Bertz CT molecular complexity index is 459. The van der Waals surface area contributed by atoms with Crippen LogP contribution in [-0.2, 0) is 0 Å². The molecule has 0 saturated carbocycles. The predicted octanol–water partition coefficient (Wildman–Crippen LogP) is 2.27. The van der Waals surface area contributed by atoms with Gasteiger partial charge >= 0.3 is 0 Å². The third-order valence-corrected chi connectivity index (χ3v) is 3.39. The summed E-state index contributed by atoms with van der Waals surface area (Å²) in [6.07, 6.45) is 1.10. The number of hydrogen-bond acceptors (Lipinski definition) is 4. The molecule has 6 heteroatoms. The maximum absolute atomic E-state index is 13.3. The van der Waals surface area contributed by atoms with Crippen molar-refractivity contribution in [2.24, 2.45) is 0 Å². The van der Waals surface area contributed by atoms with Crippen molar-refractivity contribution >= 4 is 11.4 Å². The van der Waals surface area contributed by atoms with Crippen molar-refractivity contribution in [3.05, 3.63) is 34.1 Å². The Morgan fingerprint density at radius 2 is 2.00 bits per heavy atom. The number of hydrogen-bond donors (Lipinski definition) is 0. The highest BCUT2D eigenvalue weighted by molar-refractivity contribution is 5.63. The average molecular weight is 267 g/mol. The Morgan fingerprint density at radius 1 is 1.32 bits per heavy atom. The van der Waals surface area contributed by atoms with Crippen LogP contribution in [0.3, 0.4) is 0 Å². The van der Waals surface area contributed by atoms with E-state index in [4.69, 9.17) is 0 Å². The van der Waals surface area contributed by atoms with E-state index in [1.807, 2.05) is 4.90 Å². The van der Waals surface area contributed by atoms with Crippen molar-refractivity contribution < 1.29 is 9.31 Å². The molecular weight excluding hydrogens is 249 g/mol. The Labute approximate surface area is 111 Å². The number of benzene rings is 1. The maximum Gasteiger partial charge on any atom is 0.292 e. The Balaban J connectivity index is 2.14. The molecule has 1 aliphatic heterocycles. The van der Waals surface area contributed by atoms with Crippen LogP contribution in [0.2, 0.25) is 0 Å². The van der Waals surface area contributed by atoms with Gasteiger partial charge in [0.25, 0.3) is 5.69 Å². The van der Waals surface area contributed by atoms with Gasteiger partial charge < -0.3 is 4.90 Å². The lowest BCUT2D eigenvalue weighted by Crippen LogP contribution is -2.46. The normalized spacial score (nSPS) is 16.6. The zero-order valence-electron chi connectivity index (χ0n) is 11.0. The zero-order valence-corrected chi connectivity index (χ0v) is 11.0. The van der Waals surface area contributed by atoms with Crippen molar-refractivity contribution in [3.8, 4) is 0 Å². The van der Waals surface area contributed by atoms with Crippen molar-refractivity contribution in [3.63, 3.8) is 0 Å². The summed E-state index contributed by atoms with van der Waals surface area (Å²) in [5.74, 6) is -0.434. The van der Waals surface area contributed by atoms with E-state index in [0.717, 1.165) is 32.1 Å². The van der Waals surface area contributed by atoms with Gasteiger partial charge in [0.15, 0.2) is 0 Å². The number of nitro benzene ring substituents is 1. The highest BCUT2D eigenvalue weighted by Gasteiger charge is 2.23. The molecule has 1 heterocycles. The lowest BCUT2D eigenvalue weighted by Gasteiger charge is -2.35. The molecule has 0 bridgehead atoms. The third-order valence-electron chi connectivity index (χ3n) is 3.39. The number of halogens is 1. The van der Waals surface area contributed by atoms with Gasteiger partial charge in [-0.15, -0.1) is 0 Å². The number of rotatable bonds is 4. The van der Waals surface area contributed by atoms with Crippen LogP contribution in [0.4, 0.5) is 15.8 Å². The molecule has 19 heavy (non-hydrogen) atoms. The van der Waals surface area contributed by atoms with E-state index in [1.54, 1.807) is 0 Å². The second kappa shape index (κ2) is 5.97. The van der Waals surface area contributed by atoms with Crippen LogP contribution in [0, 0.1) is 15.9 Å². The minimum absolute atomic E-state index is 0.0228. The summed E-state index contributed by atoms with van der Waals surface area (Å²) in [6, 6.07) is 3.63. The minimum Gasteiger partial charge on any atom is -0.363 e.